The molecule has 0 aromatic carbocycles. The van der Waals surface area contributed by atoms with Crippen LogP contribution in [0.4, 0.5) is 0 Å². The first-order valence-electron chi connectivity index (χ1n) is 5.96. The fraction of sp³-hybridized carbons (Fsp3) is 0.909. The van der Waals surface area contributed by atoms with Crippen LogP contribution in [0.5, 0.6) is 0 Å². The third-order valence-electron chi connectivity index (χ3n) is 3.05. The Labute approximate surface area is 102 Å². The number of sulfone groups is 1. The lowest BCUT2D eigenvalue weighted by atomic mass is 10.2. The van der Waals surface area contributed by atoms with Crippen molar-refractivity contribution in [3.63, 3.8) is 0 Å². The van der Waals surface area contributed by atoms with Crippen molar-refractivity contribution >= 4 is 15.8 Å². The number of esters is 1. The molecular weight excluding hydrogens is 244 g/mol. The summed E-state index contributed by atoms with van der Waals surface area (Å²) in [5, 5.41) is -1.64. The van der Waals surface area contributed by atoms with Gasteiger partial charge in [0.1, 0.15) is 0 Å². The predicted octanol–water partition coefficient (Wildman–Crippen LogP) is 0.920. The summed E-state index contributed by atoms with van der Waals surface area (Å²) in [4.78, 5) is 11.6. The van der Waals surface area contributed by atoms with Gasteiger partial charge in [0.25, 0.3) is 0 Å². The molecule has 0 amide bonds. The van der Waals surface area contributed by atoms with Gasteiger partial charge in [0.2, 0.25) is 0 Å². The SMILES string of the molecule is CCOC(=O)C(CC)S(=O)(=O)C1CCOC1C. The summed E-state index contributed by atoms with van der Waals surface area (Å²) in [5.74, 6) is -0.644. The summed E-state index contributed by atoms with van der Waals surface area (Å²) in [5.41, 5.74) is 0. The summed E-state index contributed by atoms with van der Waals surface area (Å²) in [6.45, 7) is 5.71. The fourth-order valence-electron chi connectivity index (χ4n) is 2.12. The van der Waals surface area contributed by atoms with E-state index in [4.69, 9.17) is 9.47 Å². The van der Waals surface area contributed by atoms with Gasteiger partial charge < -0.3 is 9.47 Å². The van der Waals surface area contributed by atoms with Gasteiger partial charge >= 0.3 is 5.97 Å². The molecule has 0 N–H and O–H groups in total. The summed E-state index contributed by atoms with van der Waals surface area (Å²) >= 11 is 0. The summed E-state index contributed by atoms with van der Waals surface area (Å²) in [6, 6.07) is 0. The van der Waals surface area contributed by atoms with E-state index in [1.807, 2.05) is 0 Å². The largest absolute Gasteiger partial charge is 0.465 e. The van der Waals surface area contributed by atoms with E-state index in [2.05, 4.69) is 0 Å². The fourth-order valence-corrected chi connectivity index (χ4v) is 4.38. The molecule has 6 heteroatoms. The Morgan fingerprint density at radius 3 is 2.53 bits per heavy atom. The number of rotatable bonds is 5. The van der Waals surface area contributed by atoms with E-state index >= 15 is 0 Å². The Hall–Kier alpha value is -0.620. The first kappa shape index (κ1) is 14.4. The van der Waals surface area contributed by atoms with Gasteiger partial charge in [0.05, 0.1) is 18.0 Å². The third-order valence-corrected chi connectivity index (χ3v) is 5.83. The van der Waals surface area contributed by atoms with Gasteiger partial charge in [-0.25, -0.2) is 8.42 Å². The maximum absolute atomic E-state index is 12.3. The van der Waals surface area contributed by atoms with Gasteiger partial charge in [-0.05, 0) is 26.7 Å². The van der Waals surface area contributed by atoms with Crippen molar-refractivity contribution in [3.8, 4) is 0 Å². The Balaban J connectivity index is 2.90. The first-order valence-corrected chi connectivity index (χ1v) is 7.57. The van der Waals surface area contributed by atoms with E-state index in [9.17, 15) is 13.2 Å². The molecule has 1 aliphatic rings. The molecule has 1 saturated heterocycles. The standard InChI is InChI=1S/C11H20O5S/c1-4-9(11(12)15-5-2)17(13,14)10-6-7-16-8(10)3/h8-10H,4-7H2,1-3H3. The number of carbonyl (C=O) groups excluding carboxylic acids is 1. The normalized spacial score (nSPS) is 26.8. The highest BCUT2D eigenvalue weighted by molar-refractivity contribution is 7.93. The van der Waals surface area contributed by atoms with Gasteiger partial charge in [-0.2, -0.15) is 0 Å². The molecule has 1 fully saturated rings. The number of ether oxygens (including phenoxy) is 2. The second-order valence-corrected chi connectivity index (χ2v) is 6.49. The van der Waals surface area contributed by atoms with Crippen molar-refractivity contribution in [2.75, 3.05) is 13.2 Å². The summed E-state index contributed by atoms with van der Waals surface area (Å²) < 4.78 is 34.7. The van der Waals surface area contributed by atoms with Crippen LogP contribution in [0.2, 0.25) is 0 Å². The lowest BCUT2D eigenvalue weighted by Gasteiger charge is -2.20. The number of hydrogen-bond donors (Lipinski definition) is 0. The van der Waals surface area contributed by atoms with Crippen LogP contribution in [-0.4, -0.2) is 44.2 Å². The molecule has 0 saturated carbocycles. The average Bonchev–Trinajstić information content (AvgIpc) is 2.66. The van der Waals surface area contributed by atoms with Gasteiger partial charge in [0.15, 0.2) is 15.1 Å². The van der Waals surface area contributed by atoms with Crippen molar-refractivity contribution in [3.05, 3.63) is 0 Å². The summed E-state index contributed by atoms with van der Waals surface area (Å²) in [6.07, 6.45) is 0.354. The van der Waals surface area contributed by atoms with Crippen molar-refractivity contribution < 1.29 is 22.7 Å². The van der Waals surface area contributed by atoms with Crippen molar-refractivity contribution in [1.82, 2.24) is 0 Å². The van der Waals surface area contributed by atoms with Crippen LogP contribution in [0.1, 0.15) is 33.6 Å². The monoisotopic (exact) mass is 264 g/mol. The zero-order valence-electron chi connectivity index (χ0n) is 10.5. The highest BCUT2D eigenvalue weighted by atomic mass is 32.2. The average molecular weight is 264 g/mol. The molecule has 1 heterocycles. The molecule has 3 atom stereocenters. The smallest absolute Gasteiger partial charge is 0.324 e. The number of hydrogen-bond acceptors (Lipinski definition) is 5. The minimum absolute atomic E-state index is 0.196. The van der Waals surface area contributed by atoms with Crippen LogP contribution < -0.4 is 0 Å². The minimum atomic E-state index is -3.52. The van der Waals surface area contributed by atoms with Gasteiger partial charge in [-0.1, -0.05) is 6.92 Å². The zero-order chi connectivity index (χ0) is 13.1. The van der Waals surface area contributed by atoms with Crippen molar-refractivity contribution in [2.45, 2.75) is 50.2 Å². The molecule has 0 aliphatic carbocycles. The second-order valence-electron chi connectivity index (χ2n) is 4.14. The molecule has 0 bridgehead atoms. The third kappa shape index (κ3) is 2.98. The highest BCUT2D eigenvalue weighted by Crippen LogP contribution is 2.26. The maximum Gasteiger partial charge on any atom is 0.324 e. The molecule has 17 heavy (non-hydrogen) atoms. The molecule has 5 nitrogen and oxygen atoms in total. The van der Waals surface area contributed by atoms with Crippen LogP contribution in [0.3, 0.4) is 0 Å². The Morgan fingerprint density at radius 1 is 1.47 bits per heavy atom. The summed E-state index contributed by atoms with van der Waals surface area (Å²) in [7, 11) is -3.52. The highest BCUT2D eigenvalue weighted by Gasteiger charge is 2.43. The maximum atomic E-state index is 12.3. The van der Waals surface area contributed by atoms with Crippen LogP contribution in [0.25, 0.3) is 0 Å². The molecule has 0 radical (unpaired) electrons. The van der Waals surface area contributed by atoms with Crippen molar-refractivity contribution in [1.29, 1.82) is 0 Å². The molecule has 1 aliphatic heterocycles. The van der Waals surface area contributed by atoms with E-state index in [1.54, 1.807) is 20.8 Å². The lowest BCUT2D eigenvalue weighted by molar-refractivity contribution is -0.142. The van der Waals surface area contributed by atoms with Gasteiger partial charge in [-0.3, -0.25) is 4.79 Å². The predicted molar refractivity (Wildman–Crippen MR) is 63.5 cm³/mol. The molecule has 0 aromatic heterocycles. The van der Waals surface area contributed by atoms with Crippen LogP contribution >= 0.6 is 0 Å². The van der Waals surface area contributed by atoms with Gasteiger partial charge in [0, 0.05) is 6.61 Å². The minimum Gasteiger partial charge on any atom is -0.465 e. The lowest BCUT2D eigenvalue weighted by Crippen LogP contribution is -2.41. The quantitative estimate of drug-likeness (QED) is 0.691. The Kier molecular flexibility index (Phi) is 4.94. The topological polar surface area (TPSA) is 69.7 Å². The molecular formula is C11H20O5S. The van der Waals surface area contributed by atoms with Crippen LogP contribution in [0.15, 0.2) is 0 Å². The molecule has 0 aromatic rings. The van der Waals surface area contributed by atoms with E-state index in [0.29, 0.717) is 13.0 Å². The second kappa shape index (κ2) is 5.82. The van der Waals surface area contributed by atoms with Crippen LogP contribution in [0, 0.1) is 0 Å². The Morgan fingerprint density at radius 2 is 2.12 bits per heavy atom. The van der Waals surface area contributed by atoms with E-state index < -0.39 is 26.3 Å². The van der Waals surface area contributed by atoms with E-state index in [-0.39, 0.29) is 19.1 Å². The molecule has 1 rings (SSSR count). The zero-order valence-corrected chi connectivity index (χ0v) is 11.3. The Bertz CT molecular complexity index is 362. The molecule has 0 spiro atoms. The molecule has 100 valence electrons. The first-order chi connectivity index (χ1) is 7.95. The van der Waals surface area contributed by atoms with Crippen molar-refractivity contribution in [2.24, 2.45) is 0 Å². The van der Waals surface area contributed by atoms with Gasteiger partial charge in [-0.15, -0.1) is 0 Å². The van der Waals surface area contributed by atoms with E-state index in [0.717, 1.165) is 0 Å². The molecule has 3 unspecified atom stereocenters. The number of carbonyl (C=O) groups is 1. The van der Waals surface area contributed by atoms with E-state index in [1.165, 1.54) is 0 Å². The van der Waals surface area contributed by atoms with Crippen LogP contribution in [-0.2, 0) is 24.1 Å².